The standard InChI is InChI=1S/C16H13ClN2O/c1-18-15-14(10-5-3-2-4-6-10)12-9-11(17)7-8-13(12)19-16(15)20/h2-9,18H,1H3,(H,19,20). The fraction of sp³-hybridized carbons (Fsp3) is 0.0625. The molecule has 0 fully saturated rings. The number of H-pyrrole nitrogens is 1. The fourth-order valence-corrected chi connectivity index (χ4v) is 2.58. The number of pyridine rings is 1. The van der Waals surface area contributed by atoms with Crippen molar-refractivity contribution in [3.05, 3.63) is 63.9 Å². The van der Waals surface area contributed by atoms with Crippen LogP contribution in [0.5, 0.6) is 0 Å². The Morgan fingerprint density at radius 2 is 1.85 bits per heavy atom. The number of fused-ring (bicyclic) bond motifs is 1. The van der Waals surface area contributed by atoms with Gasteiger partial charge in [0, 0.05) is 28.5 Å². The van der Waals surface area contributed by atoms with Crippen LogP contribution >= 0.6 is 11.6 Å². The highest BCUT2D eigenvalue weighted by Gasteiger charge is 2.13. The zero-order valence-electron chi connectivity index (χ0n) is 10.9. The molecule has 0 amide bonds. The number of hydrogen-bond acceptors (Lipinski definition) is 2. The highest BCUT2D eigenvalue weighted by atomic mass is 35.5. The molecule has 1 aromatic heterocycles. The average molecular weight is 285 g/mol. The summed E-state index contributed by atoms with van der Waals surface area (Å²) in [5.41, 5.74) is 3.04. The van der Waals surface area contributed by atoms with Crippen LogP contribution in [0, 0.1) is 0 Å². The number of aromatic amines is 1. The van der Waals surface area contributed by atoms with Gasteiger partial charge in [0.2, 0.25) is 0 Å². The highest BCUT2D eigenvalue weighted by molar-refractivity contribution is 6.31. The topological polar surface area (TPSA) is 44.9 Å². The maximum absolute atomic E-state index is 12.2. The summed E-state index contributed by atoms with van der Waals surface area (Å²) in [5, 5.41) is 4.55. The number of hydrogen-bond donors (Lipinski definition) is 2. The third-order valence-electron chi connectivity index (χ3n) is 3.29. The van der Waals surface area contributed by atoms with Crippen molar-refractivity contribution in [2.75, 3.05) is 12.4 Å². The van der Waals surface area contributed by atoms with Crippen LogP contribution < -0.4 is 10.9 Å². The molecule has 0 aliphatic heterocycles. The molecule has 2 N–H and O–H groups in total. The third-order valence-corrected chi connectivity index (χ3v) is 3.52. The summed E-state index contributed by atoms with van der Waals surface area (Å²) in [7, 11) is 1.74. The Bertz CT molecular complexity index is 825. The summed E-state index contributed by atoms with van der Waals surface area (Å²) in [6.07, 6.45) is 0. The smallest absolute Gasteiger partial charge is 0.272 e. The second-order valence-electron chi connectivity index (χ2n) is 4.51. The summed E-state index contributed by atoms with van der Waals surface area (Å²) in [4.78, 5) is 15.1. The molecule has 100 valence electrons. The lowest BCUT2D eigenvalue weighted by atomic mass is 9.99. The van der Waals surface area contributed by atoms with Crippen molar-refractivity contribution in [1.29, 1.82) is 0 Å². The molecular weight excluding hydrogens is 272 g/mol. The van der Waals surface area contributed by atoms with E-state index in [-0.39, 0.29) is 5.56 Å². The van der Waals surface area contributed by atoms with Gasteiger partial charge in [0.15, 0.2) is 0 Å². The molecule has 0 spiro atoms. The predicted molar refractivity (Wildman–Crippen MR) is 84.6 cm³/mol. The molecule has 0 saturated carbocycles. The minimum Gasteiger partial charge on any atom is -0.383 e. The van der Waals surface area contributed by atoms with Gasteiger partial charge in [-0.05, 0) is 23.8 Å². The van der Waals surface area contributed by atoms with Crippen molar-refractivity contribution in [1.82, 2.24) is 4.98 Å². The van der Waals surface area contributed by atoms with Crippen molar-refractivity contribution in [3.63, 3.8) is 0 Å². The molecule has 0 aliphatic rings. The normalized spacial score (nSPS) is 10.7. The Balaban J connectivity index is 2.48. The van der Waals surface area contributed by atoms with Gasteiger partial charge in [-0.2, -0.15) is 0 Å². The molecule has 0 aliphatic carbocycles. The van der Waals surface area contributed by atoms with Crippen LogP contribution in [0.25, 0.3) is 22.0 Å². The number of aromatic nitrogens is 1. The van der Waals surface area contributed by atoms with Crippen LogP contribution in [-0.4, -0.2) is 12.0 Å². The number of nitrogens with one attached hydrogen (secondary N) is 2. The molecule has 3 aromatic rings. The van der Waals surface area contributed by atoms with Crippen LogP contribution in [0.1, 0.15) is 0 Å². The van der Waals surface area contributed by atoms with E-state index in [0.717, 1.165) is 22.0 Å². The Hall–Kier alpha value is -2.26. The van der Waals surface area contributed by atoms with E-state index in [1.807, 2.05) is 42.5 Å². The minimum absolute atomic E-state index is 0.138. The highest BCUT2D eigenvalue weighted by Crippen LogP contribution is 2.33. The molecule has 1 heterocycles. The molecule has 3 rings (SSSR count). The summed E-state index contributed by atoms with van der Waals surface area (Å²) >= 11 is 6.10. The van der Waals surface area contributed by atoms with Crippen molar-refractivity contribution < 1.29 is 0 Å². The summed E-state index contributed by atoms with van der Waals surface area (Å²) in [6.45, 7) is 0. The van der Waals surface area contributed by atoms with Crippen LogP contribution in [-0.2, 0) is 0 Å². The fourth-order valence-electron chi connectivity index (χ4n) is 2.41. The maximum atomic E-state index is 12.2. The number of rotatable bonds is 2. The largest absolute Gasteiger partial charge is 0.383 e. The first-order valence-corrected chi connectivity index (χ1v) is 6.67. The van der Waals surface area contributed by atoms with E-state index in [2.05, 4.69) is 10.3 Å². The first-order valence-electron chi connectivity index (χ1n) is 6.29. The zero-order valence-corrected chi connectivity index (χ0v) is 11.7. The minimum atomic E-state index is -0.138. The SMILES string of the molecule is CNc1c(-c2ccccc2)c2cc(Cl)ccc2[nH]c1=O. The van der Waals surface area contributed by atoms with E-state index in [1.54, 1.807) is 13.1 Å². The lowest BCUT2D eigenvalue weighted by molar-refractivity contribution is 1.29. The van der Waals surface area contributed by atoms with Crippen molar-refractivity contribution >= 4 is 28.2 Å². The van der Waals surface area contributed by atoms with E-state index in [4.69, 9.17) is 11.6 Å². The van der Waals surface area contributed by atoms with Gasteiger partial charge >= 0.3 is 0 Å². The Morgan fingerprint density at radius 1 is 1.10 bits per heavy atom. The zero-order chi connectivity index (χ0) is 14.1. The third kappa shape index (κ3) is 2.06. The van der Waals surface area contributed by atoms with Crippen LogP contribution in [0.15, 0.2) is 53.3 Å². The molecule has 0 atom stereocenters. The quantitative estimate of drug-likeness (QED) is 0.750. The van der Waals surface area contributed by atoms with Gasteiger partial charge in [-0.3, -0.25) is 4.79 Å². The van der Waals surface area contributed by atoms with Gasteiger partial charge in [-0.1, -0.05) is 41.9 Å². The first kappa shape index (κ1) is 12.8. The van der Waals surface area contributed by atoms with Crippen LogP contribution in [0.3, 0.4) is 0 Å². The molecule has 3 nitrogen and oxygen atoms in total. The lowest BCUT2D eigenvalue weighted by Gasteiger charge is -2.12. The van der Waals surface area contributed by atoms with Gasteiger partial charge in [0.25, 0.3) is 5.56 Å². The maximum Gasteiger partial charge on any atom is 0.272 e. The van der Waals surface area contributed by atoms with E-state index in [9.17, 15) is 4.79 Å². The summed E-state index contributed by atoms with van der Waals surface area (Å²) in [5.74, 6) is 0. The molecule has 0 radical (unpaired) electrons. The molecule has 2 aromatic carbocycles. The molecule has 0 saturated heterocycles. The van der Waals surface area contributed by atoms with Crippen molar-refractivity contribution in [3.8, 4) is 11.1 Å². The average Bonchev–Trinajstić information content (AvgIpc) is 2.47. The molecular formula is C16H13ClN2O. The summed E-state index contributed by atoms with van der Waals surface area (Å²) in [6, 6.07) is 15.3. The Kier molecular flexibility index (Phi) is 3.20. The van der Waals surface area contributed by atoms with Gasteiger partial charge in [-0.25, -0.2) is 0 Å². The van der Waals surface area contributed by atoms with Gasteiger partial charge in [0.1, 0.15) is 5.69 Å². The Labute approximate surface area is 121 Å². The first-order chi connectivity index (χ1) is 9.70. The van der Waals surface area contributed by atoms with E-state index < -0.39 is 0 Å². The van der Waals surface area contributed by atoms with E-state index in [1.165, 1.54) is 0 Å². The molecule has 4 heteroatoms. The van der Waals surface area contributed by atoms with Gasteiger partial charge in [-0.15, -0.1) is 0 Å². The second kappa shape index (κ2) is 5.02. The molecule has 0 bridgehead atoms. The monoisotopic (exact) mass is 284 g/mol. The molecule has 0 unspecified atom stereocenters. The van der Waals surface area contributed by atoms with Crippen molar-refractivity contribution in [2.45, 2.75) is 0 Å². The van der Waals surface area contributed by atoms with E-state index >= 15 is 0 Å². The van der Waals surface area contributed by atoms with Crippen LogP contribution in [0.2, 0.25) is 5.02 Å². The van der Waals surface area contributed by atoms with E-state index in [0.29, 0.717) is 10.7 Å². The predicted octanol–water partition coefficient (Wildman–Crippen LogP) is 3.89. The lowest BCUT2D eigenvalue weighted by Crippen LogP contribution is -2.13. The molecule has 20 heavy (non-hydrogen) atoms. The number of anilines is 1. The number of benzene rings is 2. The second-order valence-corrected chi connectivity index (χ2v) is 4.95. The van der Waals surface area contributed by atoms with Crippen molar-refractivity contribution in [2.24, 2.45) is 0 Å². The van der Waals surface area contributed by atoms with Crippen LogP contribution in [0.4, 0.5) is 5.69 Å². The van der Waals surface area contributed by atoms with Gasteiger partial charge in [0.05, 0.1) is 0 Å². The Morgan fingerprint density at radius 3 is 2.55 bits per heavy atom. The summed E-state index contributed by atoms with van der Waals surface area (Å²) < 4.78 is 0. The van der Waals surface area contributed by atoms with Gasteiger partial charge < -0.3 is 10.3 Å². The number of halogens is 1.